The number of nitrogens with one attached hydrogen (secondary N) is 1. The van der Waals surface area contributed by atoms with Crippen molar-refractivity contribution >= 4 is 17.4 Å². The summed E-state index contributed by atoms with van der Waals surface area (Å²) in [4.78, 5) is 0. The third-order valence-corrected chi connectivity index (χ3v) is 5.49. The number of benzene rings is 2. The summed E-state index contributed by atoms with van der Waals surface area (Å²) in [5, 5.41) is 8.87. The van der Waals surface area contributed by atoms with E-state index in [4.69, 9.17) is 16.7 Å². The summed E-state index contributed by atoms with van der Waals surface area (Å²) < 4.78 is 40.6. The maximum Gasteiger partial charge on any atom is 0.416 e. The molecular weight excluding hydrogens is 387 g/mol. The minimum atomic E-state index is -4.35. The fourth-order valence-corrected chi connectivity index (χ4v) is 3.72. The monoisotopic (exact) mass is 405 g/mol. The lowest BCUT2D eigenvalue weighted by molar-refractivity contribution is -0.137. The first kappa shape index (κ1) is 18.9. The van der Waals surface area contributed by atoms with Crippen molar-refractivity contribution < 1.29 is 13.2 Å². The number of hydrogen-bond acceptors (Lipinski definition) is 2. The van der Waals surface area contributed by atoms with Gasteiger partial charge in [0.05, 0.1) is 16.9 Å². The van der Waals surface area contributed by atoms with Gasteiger partial charge in [0.2, 0.25) is 0 Å². The Hall–Kier alpha value is -2.47. The normalized spacial score (nSPS) is 14.3. The lowest BCUT2D eigenvalue weighted by Crippen LogP contribution is -2.08. The number of fused-ring (bicyclic) bond motifs is 1. The van der Waals surface area contributed by atoms with Gasteiger partial charge in [0.1, 0.15) is 5.82 Å². The highest BCUT2D eigenvalue weighted by atomic mass is 35.5. The Morgan fingerprint density at radius 2 is 1.82 bits per heavy atom. The molecule has 3 aromatic rings. The van der Waals surface area contributed by atoms with E-state index >= 15 is 0 Å². The molecule has 0 bridgehead atoms. The van der Waals surface area contributed by atoms with E-state index in [1.807, 2.05) is 29.8 Å². The summed E-state index contributed by atoms with van der Waals surface area (Å²) in [6.45, 7) is 2.75. The Kier molecular flexibility index (Phi) is 4.83. The molecule has 2 heterocycles. The minimum Gasteiger partial charge on any atom is -0.370 e. The summed E-state index contributed by atoms with van der Waals surface area (Å²) >= 11 is 6.30. The molecule has 1 aliphatic rings. The van der Waals surface area contributed by atoms with Crippen molar-refractivity contribution in [2.24, 2.45) is 0 Å². The Labute approximate surface area is 166 Å². The number of aromatic nitrogens is 2. The zero-order valence-corrected chi connectivity index (χ0v) is 16.0. The van der Waals surface area contributed by atoms with Gasteiger partial charge in [-0.2, -0.15) is 18.3 Å². The van der Waals surface area contributed by atoms with E-state index in [1.165, 1.54) is 12.1 Å². The summed E-state index contributed by atoms with van der Waals surface area (Å²) in [5.41, 5.74) is 3.50. The fourth-order valence-electron chi connectivity index (χ4n) is 3.55. The molecule has 0 radical (unpaired) electrons. The average molecular weight is 406 g/mol. The van der Waals surface area contributed by atoms with Crippen molar-refractivity contribution in [1.82, 2.24) is 9.78 Å². The van der Waals surface area contributed by atoms with Crippen LogP contribution in [-0.2, 0) is 12.6 Å². The Morgan fingerprint density at radius 1 is 1.07 bits per heavy atom. The molecule has 146 valence electrons. The molecule has 0 saturated heterocycles. The van der Waals surface area contributed by atoms with Gasteiger partial charge in [0, 0.05) is 22.7 Å². The minimum absolute atomic E-state index is 0.645. The van der Waals surface area contributed by atoms with Gasteiger partial charge in [-0.25, -0.2) is 4.68 Å². The lowest BCUT2D eigenvalue weighted by atomic mass is 10.0. The summed E-state index contributed by atoms with van der Waals surface area (Å²) in [6.07, 6.45) is -1.52. The summed E-state index contributed by atoms with van der Waals surface area (Å²) in [6, 6.07) is 10.8. The summed E-state index contributed by atoms with van der Waals surface area (Å²) in [7, 11) is 0. The second kappa shape index (κ2) is 7.17. The Bertz CT molecular complexity index is 1010. The molecule has 3 nitrogen and oxygen atoms in total. The van der Waals surface area contributed by atoms with Crippen LogP contribution in [-0.4, -0.2) is 16.3 Å². The van der Waals surface area contributed by atoms with Gasteiger partial charge in [-0.15, -0.1) is 0 Å². The second-order valence-electron chi connectivity index (χ2n) is 6.93. The smallest absolute Gasteiger partial charge is 0.370 e. The van der Waals surface area contributed by atoms with Gasteiger partial charge in [0.25, 0.3) is 0 Å². The fraction of sp³-hybridized carbons (Fsp3) is 0.286. The SMILES string of the molecule is Cc1c(Cl)cccc1-n1nc(-c2ccc(C(F)(F)F)cc2)c2c1NCCCC2. The van der Waals surface area contributed by atoms with Crippen LogP contribution >= 0.6 is 11.6 Å². The van der Waals surface area contributed by atoms with Gasteiger partial charge in [-0.05, 0) is 56.0 Å². The zero-order chi connectivity index (χ0) is 19.9. The third-order valence-electron chi connectivity index (χ3n) is 5.08. The van der Waals surface area contributed by atoms with Gasteiger partial charge >= 0.3 is 6.18 Å². The number of hydrogen-bond donors (Lipinski definition) is 1. The first-order chi connectivity index (χ1) is 13.4. The molecule has 1 aromatic heterocycles. The zero-order valence-electron chi connectivity index (χ0n) is 15.3. The van der Waals surface area contributed by atoms with Gasteiger partial charge in [0.15, 0.2) is 0 Å². The highest BCUT2D eigenvalue weighted by Gasteiger charge is 2.30. The molecule has 0 fully saturated rings. The van der Waals surface area contributed by atoms with Crippen molar-refractivity contribution in [2.45, 2.75) is 32.4 Å². The predicted molar refractivity (Wildman–Crippen MR) is 105 cm³/mol. The molecule has 7 heteroatoms. The standard InChI is InChI=1S/C21H19ClF3N3/c1-13-17(22)6-4-7-18(13)28-20-16(5-2-3-12-26-20)19(27-28)14-8-10-15(11-9-14)21(23,24)25/h4,6-11,26H,2-3,5,12H2,1H3. The van der Waals surface area contributed by atoms with Crippen LogP contribution in [0, 0.1) is 6.92 Å². The number of rotatable bonds is 2. The number of halogens is 4. The highest BCUT2D eigenvalue weighted by molar-refractivity contribution is 6.31. The van der Waals surface area contributed by atoms with Crippen LogP contribution in [0.3, 0.4) is 0 Å². The largest absolute Gasteiger partial charge is 0.416 e. The summed E-state index contributed by atoms with van der Waals surface area (Å²) in [5.74, 6) is 0.887. The molecule has 0 unspecified atom stereocenters. The van der Waals surface area contributed by atoms with Crippen molar-refractivity contribution in [3.05, 3.63) is 64.2 Å². The van der Waals surface area contributed by atoms with E-state index in [0.717, 1.165) is 60.6 Å². The van der Waals surface area contributed by atoms with Crippen molar-refractivity contribution in [3.63, 3.8) is 0 Å². The molecule has 0 amide bonds. The van der Waals surface area contributed by atoms with Crippen molar-refractivity contribution in [1.29, 1.82) is 0 Å². The van der Waals surface area contributed by atoms with Crippen LogP contribution in [0.4, 0.5) is 19.0 Å². The predicted octanol–water partition coefficient (Wildman–Crippen LogP) is 6.27. The third kappa shape index (κ3) is 3.37. The molecule has 0 atom stereocenters. The lowest BCUT2D eigenvalue weighted by Gasteiger charge is -2.12. The maximum atomic E-state index is 12.9. The quantitative estimate of drug-likeness (QED) is 0.544. The van der Waals surface area contributed by atoms with Crippen LogP contribution in [0.15, 0.2) is 42.5 Å². The topological polar surface area (TPSA) is 29.9 Å². The number of nitrogens with zero attached hydrogens (tertiary/aromatic N) is 2. The molecule has 0 spiro atoms. The Balaban J connectivity index is 1.87. The van der Waals surface area contributed by atoms with E-state index in [-0.39, 0.29) is 0 Å². The van der Waals surface area contributed by atoms with Crippen LogP contribution in [0.1, 0.15) is 29.5 Å². The Morgan fingerprint density at radius 3 is 2.54 bits per heavy atom. The van der Waals surface area contributed by atoms with E-state index in [9.17, 15) is 13.2 Å². The second-order valence-corrected chi connectivity index (χ2v) is 7.34. The molecule has 1 N–H and O–H groups in total. The highest BCUT2D eigenvalue weighted by Crippen LogP contribution is 2.37. The molecule has 2 aromatic carbocycles. The van der Waals surface area contributed by atoms with Gasteiger partial charge in [-0.3, -0.25) is 0 Å². The molecule has 0 aliphatic carbocycles. The molecular formula is C21H19ClF3N3. The van der Waals surface area contributed by atoms with Gasteiger partial charge < -0.3 is 5.32 Å². The van der Waals surface area contributed by atoms with Crippen molar-refractivity contribution in [3.8, 4) is 16.9 Å². The molecule has 4 rings (SSSR count). The van der Waals surface area contributed by atoms with Crippen LogP contribution in [0.5, 0.6) is 0 Å². The van der Waals surface area contributed by atoms with Gasteiger partial charge in [-0.1, -0.05) is 29.8 Å². The van der Waals surface area contributed by atoms with Crippen LogP contribution in [0.25, 0.3) is 16.9 Å². The number of alkyl halides is 3. The molecule has 1 aliphatic heterocycles. The first-order valence-electron chi connectivity index (χ1n) is 9.15. The van der Waals surface area contributed by atoms with Crippen LogP contribution < -0.4 is 5.32 Å². The van der Waals surface area contributed by atoms with E-state index < -0.39 is 11.7 Å². The van der Waals surface area contributed by atoms with Crippen LogP contribution in [0.2, 0.25) is 5.02 Å². The van der Waals surface area contributed by atoms with E-state index in [2.05, 4.69) is 5.32 Å². The average Bonchev–Trinajstić information content (AvgIpc) is 2.84. The first-order valence-corrected chi connectivity index (χ1v) is 9.53. The van der Waals surface area contributed by atoms with E-state index in [0.29, 0.717) is 16.3 Å². The molecule has 28 heavy (non-hydrogen) atoms. The molecule has 0 saturated carbocycles. The van der Waals surface area contributed by atoms with E-state index in [1.54, 1.807) is 0 Å². The van der Waals surface area contributed by atoms with Crippen molar-refractivity contribution in [2.75, 3.05) is 11.9 Å². The maximum absolute atomic E-state index is 12.9. The number of anilines is 1.